The molecule has 1 unspecified atom stereocenters. The molecule has 6 heteroatoms. The molecule has 0 aromatic heterocycles. The number of hydrogen-bond donors (Lipinski definition) is 1. The van der Waals surface area contributed by atoms with Crippen LogP contribution in [-0.2, 0) is 14.3 Å². The highest BCUT2D eigenvalue weighted by molar-refractivity contribution is 5.94. The highest BCUT2D eigenvalue weighted by atomic mass is 16.5. The maximum Gasteiger partial charge on any atom is 0.310 e. The average molecular weight is 374 g/mol. The number of likely N-dealkylation sites (tertiary alicyclic amines) is 1. The van der Waals surface area contributed by atoms with E-state index in [-0.39, 0.29) is 23.7 Å². The van der Waals surface area contributed by atoms with Crippen LogP contribution in [0.25, 0.3) is 0 Å². The molecule has 1 aliphatic heterocycles. The summed E-state index contributed by atoms with van der Waals surface area (Å²) >= 11 is 0. The molecule has 2 amide bonds. The molecule has 1 aromatic rings. The summed E-state index contributed by atoms with van der Waals surface area (Å²) < 4.78 is 5.07. The lowest BCUT2D eigenvalue weighted by Crippen LogP contribution is -2.42. The lowest BCUT2D eigenvalue weighted by atomic mass is 9.97. The predicted octanol–water partition coefficient (Wildman–Crippen LogP) is 2.78. The third-order valence-corrected chi connectivity index (χ3v) is 4.78. The number of esters is 1. The van der Waals surface area contributed by atoms with Gasteiger partial charge in [-0.25, -0.2) is 0 Å². The van der Waals surface area contributed by atoms with Crippen molar-refractivity contribution >= 4 is 17.8 Å². The summed E-state index contributed by atoms with van der Waals surface area (Å²) in [7, 11) is 0. The van der Waals surface area contributed by atoms with E-state index in [1.54, 1.807) is 24.0 Å². The standard InChI is InChI=1S/C21H30N2O4/c1-2-27-21(26)18-12-9-15-23(16-18)19(24)13-7-4-8-14-22-20(25)17-10-5-3-6-11-17/h3,5-6,10-11,18H,2,4,7-9,12-16H2,1H3,(H,22,25). The molecule has 6 nitrogen and oxygen atoms in total. The maximum atomic E-state index is 12.4. The first-order valence-electron chi connectivity index (χ1n) is 9.89. The van der Waals surface area contributed by atoms with Crippen LogP contribution >= 0.6 is 0 Å². The van der Waals surface area contributed by atoms with Crippen molar-refractivity contribution in [1.82, 2.24) is 10.2 Å². The highest BCUT2D eigenvalue weighted by Crippen LogP contribution is 2.19. The molecule has 1 atom stereocenters. The van der Waals surface area contributed by atoms with Crippen molar-refractivity contribution in [3.63, 3.8) is 0 Å². The summed E-state index contributed by atoms with van der Waals surface area (Å²) in [6, 6.07) is 9.14. The molecule has 1 fully saturated rings. The number of unbranched alkanes of at least 4 members (excludes halogenated alkanes) is 2. The van der Waals surface area contributed by atoms with Crippen molar-refractivity contribution in [2.45, 2.75) is 45.4 Å². The van der Waals surface area contributed by atoms with Gasteiger partial charge in [-0.1, -0.05) is 24.6 Å². The molecule has 0 spiro atoms. The SMILES string of the molecule is CCOC(=O)C1CCCN(C(=O)CCCCCNC(=O)c2ccccc2)C1. The lowest BCUT2D eigenvalue weighted by molar-refractivity contribution is -0.151. The number of ether oxygens (including phenoxy) is 1. The normalized spacial score (nSPS) is 16.6. The molecule has 1 aromatic carbocycles. The van der Waals surface area contributed by atoms with E-state index in [1.807, 2.05) is 18.2 Å². The van der Waals surface area contributed by atoms with E-state index in [1.165, 1.54) is 0 Å². The first-order valence-corrected chi connectivity index (χ1v) is 9.89. The Balaban J connectivity index is 1.59. The second kappa shape index (κ2) is 11.4. The van der Waals surface area contributed by atoms with Crippen LogP contribution in [0.5, 0.6) is 0 Å². The molecule has 0 bridgehead atoms. The van der Waals surface area contributed by atoms with E-state index < -0.39 is 0 Å². The number of nitrogens with zero attached hydrogens (tertiary/aromatic N) is 1. The molecule has 1 heterocycles. The fourth-order valence-corrected chi connectivity index (χ4v) is 3.29. The Labute approximate surface area is 161 Å². The van der Waals surface area contributed by atoms with Crippen molar-refractivity contribution in [1.29, 1.82) is 0 Å². The fourth-order valence-electron chi connectivity index (χ4n) is 3.29. The Bertz CT molecular complexity index is 618. The van der Waals surface area contributed by atoms with E-state index in [4.69, 9.17) is 4.74 Å². The summed E-state index contributed by atoms with van der Waals surface area (Å²) in [6.07, 6.45) is 4.65. The maximum absolute atomic E-state index is 12.4. The monoisotopic (exact) mass is 374 g/mol. The molecular weight excluding hydrogens is 344 g/mol. The van der Waals surface area contributed by atoms with E-state index in [0.717, 1.165) is 38.6 Å². The minimum atomic E-state index is -0.191. The van der Waals surface area contributed by atoms with Crippen molar-refractivity contribution in [2.24, 2.45) is 5.92 Å². The van der Waals surface area contributed by atoms with Crippen LogP contribution in [0.1, 0.15) is 55.8 Å². The van der Waals surface area contributed by atoms with Gasteiger partial charge in [0.05, 0.1) is 12.5 Å². The summed E-state index contributed by atoms with van der Waals surface area (Å²) in [6.45, 7) is 3.99. The third kappa shape index (κ3) is 7.04. The van der Waals surface area contributed by atoms with Gasteiger partial charge < -0.3 is 15.0 Å². The van der Waals surface area contributed by atoms with Crippen LogP contribution in [0.4, 0.5) is 0 Å². The quantitative estimate of drug-likeness (QED) is 0.533. The van der Waals surface area contributed by atoms with Gasteiger partial charge in [0.2, 0.25) is 5.91 Å². The molecule has 0 aliphatic carbocycles. The third-order valence-electron chi connectivity index (χ3n) is 4.78. The van der Waals surface area contributed by atoms with Crippen molar-refractivity contribution < 1.29 is 19.1 Å². The first-order chi connectivity index (χ1) is 13.1. The topological polar surface area (TPSA) is 75.7 Å². The number of rotatable bonds is 9. The zero-order chi connectivity index (χ0) is 19.5. The van der Waals surface area contributed by atoms with Gasteiger partial charge >= 0.3 is 5.97 Å². The van der Waals surface area contributed by atoms with Crippen LogP contribution in [0.2, 0.25) is 0 Å². The van der Waals surface area contributed by atoms with Gasteiger partial charge in [0.25, 0.3) is 5.91 Å². The zero-order valence-corrected chi connectivity index (χ0v) is 16.1. The summed E-state index contributed by atoms with van der Waals surface area (Å²) in [5.41, 5.74) is 0.661. The number of amides is 2. The Kier molecular flexibility index (Phi) is 8.81. The summed E-state index contributed by atoms with van der Waals surface area (Å²) in [5.74, 6) is -0.331. The Morgan fingerprint density at radius 2 is 1.93 bits per heavy atom. The molecule has 27 heavy (non-hydrogen) atoms. The number of piperidine rings is 1. The first kappa shape index (κ1) is 20.9. The molecule has 1 saturated heterocycles. The second-order valence-electron chi connectivity index (χ2n) is 6.86. The Hall–Kier alpha value is -2.37. The van der Waals surface area contributed by atoms with Crippen molar-refractivity contribution in [2.75, 3.05) is 26.2 Å². The van der Waals surface area contributed by atoms with Crippen LogP contribution < -0.4 is 5.32 Å². The zero-order valence-electron chi connectivity index (χ0n) is 16.1. The van der Waals surface area contributed by atoms with Crippen LogP contribution in [0.15, 0.2) is 30.3 Å². The fraction of sp³-hybridized carbons (Fsp3) is 0.571. The van der Waals surface area contributed by atoms with Crippen molar-refractivity contribution in [3.8, 4) is 0 Å². The Morgan fingerprint density at radius 1 is 1.15 bits per heavy atom. The van der Waals surface area contributed by atoms with Crippen LogP contribution in [-0.4, -0.2) is 48.9 Å². The van der Waals surface area contributed by atoms with Gasteiger partial charge in [0, 0.05) is 31.6 Å². The number of benzene rings is 1. The van der Waals surface area contributed by atoms with E-state index in [0.29, 0.717) is 31.7 Å². The van der Waals surface area contributed by atoms with E-state index in [9.17, 15) is 14.4 Å². The van der Waals surface area contributed by atoms with E-state index >= 15 is 0 Å². The predicted molar refractivity (Wildman–Crippen MR) is 103 cm³/mol. The van der Waals surface area contributed by atoms with Gasteiger partial charge in [-0.2, -0.15) is 0 Å². The second-order valence-corrected chi connectivity index (χ2v) is 6.86. The number of carbonyl (C=O) groups excluding carboxylic acids is 3. The molecule has 2 rings (SSSR count). The van der Waals surface area contributed by atoms with Gasteiger partial charge in [-0.05, 0) is 44.7 Å². The van der Waals surface area contributed by atoms with Gasteiger partial charge in [-0.15, -0.1) is 0 Å². The Morgan fingerprint density at radius 3 is 2.67 bits per heavy atom. The van der Waals surface area contributed by atoms with E-state index in [2.05, 4.69) is 5.32 Å². The smallest absolute Gasteiger partial charge is 0.310 e. The van der Waals surface area contributed by atoms with Crippen LogP contribution in [0, 0.1) is 5.92 Å². The van der Waals surface area contributed by atoms with Crippen molar-refractivity contribution in [3.05, 3.63) is 35.9 Å². The molecule has 0 saturated carbocycles. The molecule has 1 N–H and O–H groups in total. The van der Waals surface area contributed by atoms with Crippen LogP contribution in [0.3, 0.4) is 0 Å². The lowest BCUT2D eigenvalue weighted by Gasteiger charge is -2.31. The summed E-state index contributed by atoms with van der Waals surface area (Å²) in [4.78, 5) is 37.9. The molecular formula is C21H30N2O4. The minimum absolute atomic E-state index is 0.0648. The number of hydrogen-bond acceptors (Lipinski definition) is 4. The molecule has 1 aliphatic rings. The molecule has 0 radical (unpaired) electrons. The summed E-state index contributed by atoms with van der Waals surface area (Å²) in [5, 5.41) is 2.89. The average Bonchev–Trinajstić information content (AvgIpc) is 2.71. The number of nitrogens with one attached hydrogen (secondary N) is 1. The highest BCUT2D eigenvalue weighted by Gasteiger charge is 2.28. The van der Waals surface area contributed by atoms with Gasteiger partial charge in [0.15, 0.2) is 0 Å². The number of carbonyl (C=O) groups is 3. The minimum Gasteiger partial charge on any atom is -0.466 e. The largest absolute Gasteiger partial charge is 0.466 e. The van der Waals surface area contributed by atoms with Gasteiger partial charge in [-0.3, -0.25) is 14.4 Å². The van der Waals surface area contributed by atoms with Gasteiger partial charge in [0.1, 0.15) is 0 Å². The molecule has 148 valence electrons.